The smallest absolute Gasteiger partial charge is 0.123 e. The molecule has 0 unspecified atom stereocenters. The molecule has 3 aromatic rings. The summed E-state index contributed by atoms with van der Waals surface area (Å²) in [6.07, 6.45) is 9.14. The van der Waals surface area contributed by atoms with Gasteiger partial charge in [-0.1, -0.05) is 6.08 Å². The monoisotopic (exact) mass is 279 g/mol. The van der Waals surface area contributed by atoms with Gasteiger partial charge in [0.05, 0.1) is 17.7 Å². The van der Waals surface area contributed by atoms with E-state index < -0.39 is 0 Å². The van der Waals surface area contributed by atoms with Crippen LogP contribution in [0, 0.1) is 5.82 Å². The van der Waals surface area contributed by atoms with E-state index in [1.807, 2.05) is 35.9 Å². The van der Waals surface area contributed by atoms with Gasteiger partial charge in [-0.3, -0.25) is 4.98 Å². The molecule has 0 aliphatic heterocycles. The Morgan fingerprint density at radius 1 is 1.00 bits per heavy atom. The molecule has 0 aliphatic carbocycles. The largest absolute Gasteiger partial charge is 0.305 e. The van der Waals surface area contributed by atoms with Crippen LogP contribution in [0.4, 0.5) is 4.39 Å². The molecular weight excluding hydrogens is 265 g/mol. The summed E-state index contributed by atoms with van der Waals surface area (Å²) >= 11 is 0. The van der Waals surface area contributed by atoms with Crippen molar-refractivity contribution in [3.63, 3.8) is 0 Å². The van der Waals surface area contributed by atoms with E-state index in [0.29, 0.717) is 0 Å². The molecule has 0 bridgehead atoms. The average molecular weight is 279 g/mol. The van der Waals surface area contributed by atoms with Gasteiger partial charge in [-0.15, -0.1) is 0 Å². The van der Waals surface area contributed by atoms with Gasteiger partial charge in [-0.05, 0) is 43.3 Å². The molecule has 0 saturated carbocycles. The zero-order valence-electron chi connectivity index (χ0n) is 11.6. The normalized spacial score (nSPS) is 11.1. The predicted octanol–water partition coefficient (Wildman–Crippen LogP) is 4.24. The van der Waals surface area contributed by atoms with E-state index in [4.69, 9.17) is 0 Å². The summed E-state index contributed by atoms with van der Waals surface area (Å²) in [5.41, 5.74) is 3.67. The van der Waals surface area contributed by atoms with Crippen LogP contribution in [0.25, 0.3) is 28.7 Å². The molecule has 0 amide bonds. The molecule has 0 atom stereocenters. The second-order valence-corrected chi connectivity index (χ2v) is 4.57. The third kappa shape index (κ3) is 2.60. The molecule has 0 radical (unpaired) electrons. The minimum atomic E-state index is -0.253. The van der Waals surface area contributed by atoms with Crippen LogP contribution in [-0.2, 0) is 0 Å². The van der Waals surface area contributed by atoms with E-state index in [2.05, 4.69) is 9.97 Å². The van der Waals surface area contributed by atoms with Crippen LogP contribution in [0.2, 0.25) is 0 Å². The highest BCUT2D eigenvalue weighted by Crippen LogP contribution is 2.31. The van der Waals surface area contributed by atoms with Crippen molar-refractivity contribution in [1.29, 1.82) is 0 Å². The standard InChI is InChI=1S/C17H14FN3/c1-2-11-21-12-20-16(13-3-5-15(18)6-4-13)17(21)14-7-9-19-10-8-14/h2-12H,1H3/b11-2-. The molecule has 0 N–H and O–H groups in total. The summed E-state index contributed by atoms with van der Waals surface area (Å²) < 4.78 is 15.1. The van der Waals surface area contributed by atoms with E-state index in [0.717, 1.165) is 22.5 Å². The van der Waals surface area contributed by atoms with Crippen LogP contribution in [-0.4, -0.2) is 14.5 Å². The highest BCUT2D eigenvalue weighted by Gasteiger charge is 2.13. The van der Waals surface area contributed by atoms with Crippen LogP contribution < -0.4 is 0 Å². The first-order valence-corrected chi connectivity index (χ1v) is 6.65. The number of rotatable bonds is 3. The van der Waals surface area contributed by atoms with Crippen molar-refractivity contribution in [3.05, 3.63) is 67.0 Å². The van der Waals surface area contributed by atoms with Gasteiger partial charge >= 0.3 is 0 Å². The molecular formula is C17H14FN3. The summed E-state index contributed by atoms with van der Waals surface area (Å²) in [5, 5.41) is 0. The maximum atomic E-state index is 13.1. The van der Waals surface area contributed by atoms with Gasteiger partial charge in [0, 0.05) is 29.7 Å². The average Bonchev–Trinajstić information content (AvgIpc) is 2.93. The van der Waals surface area contributed by atoms with Gasteiger partial charge in [0.1, 0.15) is 5.82 Å². The number of hydrogen-bond donors (Lipinski definition) is 0. The van der Waals surface area contributed by atoms with Gasteiger partial charge in [0.25, 0.3) is 0 Å². The lowest BCUT2D eigenvalue weighted by atomic mass is 10.1. The first-order valence-electron chi connectivity index (χ1n) is 6.65. The van der Waals surface area contributed by atoms with E-state index in [9.17, 15) is 4.39 Å². The first-order chi connectivity index (χ1) is 10.3. The third-order valence-electron chi connectivity index (χ3n) is 3.17. The number of hydrogen-bond acceptors (Lipinski definition) is 2. The van der Waals surface area contributed by atoms with E-state index in [1.54, 1.807) is 30.9 Å². The first kappa shape index (κ1) is 13.2. The molecule has 0 fully saturated rings. The number of nitrogens with zero attached hydrogens (tertiary/aromatic N) is 3. The number of benzene rings is 1. The zero-order valence-corrected chi connectivity index (χ0v) is 11.6. The second kappa shape index (κ2) is 5.71. The number of imidazole rings is 1. The van der Waals surface area contributed by atoms with E-state index >= 15 is 0 Å². The number of aromatic nitrogens is 3. The van der Waals surface area contributed by atoms with Crippen molar-refractivity contribution < 1.29 is 4.39 Å². The molecule has 2 heterocycles. The molecule has 104 valence electrons. The van der Waals surface area contributed by atoms with Crippen molar-refractivity contribution >= 4 is 6.20 Å². The minimum Gasteiger partial charge on any atom is -0.305 e. The molecule has 3 rings (SSSR count). The fourth-order valence-electron chi connectivity index (χ4n) is 2.25. The Bertz CT molecular complexity index is 758. The molecule has 0 spiro atoms. The SMILES string of the molecule is C/C=C\n1cnc(-c2ccc(F)cc2)c1-c1ccncc1. The highest BCUT2D eigenvalue weighted by molar-refractivity contribution is 5.79. The van der Waals surface area contributed by atoms with Crippen molar-refractivity contribution in [2.75, 3.05) is 0 Å². The number of pyridine rings is 1. The van der Waals surface area contributed by atoms with Crippen LogP contribution in [0.1, 0.15) is 6.92 Å². The highest BCUT2D eigenvalue weighted by atomic mass is 19.1. The Balaban J connectivity index is 2.20. The Morgan fingerprint density at radius 2 is 1.71 bits per heavy atom. The van der Waals surface area contributed by atoms with Crippen LogP contribution in [0.15, 0.2) is 61.2 Å². The summed E-state index contributed by atoms with van der Waals surface area (Å²) in [6, 6.07) is 10.2. The van der Waals surface area contributed by atoms with Gasteiger partial charge in [0.15, 0.2) is 0 Å². The van der Waals surface area contributed by atoms with E-state index in [-0.39, 0.29) is 5.82 Å². The van der Waals surface area contributed by atoms with Crippen molar-refractivity contribution in [2.24, 2.45) is 0 Å². The molecule has 2 aromatic heterocycles. The summed E-state index contributed by atoms with van der Waals surface area (Å²) in [5.74, 6) is -0.253. The summed E-state index contributed by atoms with van der Waals surface area (Å²) in [6.45, 7) is 1.95. The molecule has 0 aliphatic rings. The molecule has 21 heavy (non-hydrogen) atoms. The second-order valence-electron chi connectivity index (χ2n) is 4.57. The maximum Gasteiger partial charge on any atom is 0.123 e. The van der Waals surface area contributed by atoms with Gasteiger partial charge in [-0.25, -0.2) is 9.37 Å². The van der Waals surface area contributed by atoms with Crippen molar-refractivity contribution in [1.82, 2.24) is 14.5 Å². The van der Waals surface area contributed by atoms with Gasteiger partial charge in [0.2, 0.25) is 0 Å². The zero-order chi connectivity index (χ0) is 14.7. The van der Waals surface area contributed by atoms with Crippen LogP contribution >= 0.6 is 0 Å². The van der Waals surface area contributed by atoms with Crippen molar-refractivity contribution in [3.8, 4) is 22.5 Å². The molecule has 4 heteroatoms. The fraction of sp³-hybridized carbons (Fsp3) is 0.0588. The lowest BCUT2D eigenvalue weighted by molar-refractivity contribution is 0.628. The predicted molar refractivity (Wildman–Crippen MR) is 81.9 cm³/mol. The quantitative estimate of drug-likeness (QED) is 0.718. The lowest BCUT2D eigenvalue weighted by Gasteiger charge is -2.07. The Hall–Kier alpha value is -2.75. The fourth-order valence-corrected chi connectivity index (χ4v) is 2.25. The third-order valence-corrected chi connectivity index (χ3v) is 3.17. The summed E-state index contributed by atoms with van der Waals surface area (Å²) in [4.78, 5) is 8.53. The topological polar surface area (TPSA) is 30.7 Å². The minimum absolute atomic E-state index is 0.253. The Morgan fingerprint density at radius 3 is 2.38 bits per heavy atom. The van der Waals surface area contributed by atoms with Crippen LogP contribution in [0.5, 0.6) is 0 Å². The molecule has 0 saturated heterocycles. The number of halogens is 1. The Labute approximate surface area is 122 Å². The molecule has 3 nitrogen and oxygen atoms in total. The Kier molecular flexibility index (Phi) is 3.60. The maximum absolute atomic E-state index is 13.1. The number of allylic oxidation sites excluding steroid dienone is 1. The lowest BCUT2D eigenvalue weighted by Crippen LogP contribution is -1.91. The van der Waals surface area contributed by atoms with Gasteiger partial charge in [-0.2, -0.15) is 0 Å². The van der Waals surface area contributed by atoms with E-state index in [1.165, 1.54) is 12.1 Å². The molecule has 1 aromatic carbocycles. The van der Waals surface area contributed by atoms with Crippen molar-refractivity contribution in [2.45, 2.75) is 6.92 Å². The van der Waals surface area contributed by atoms with Crippen LogP contribution in [0.3, 0.4) is 0 Å². The van der Waals surface area contributed by atoms with Gasteiger partial charge < -0.3 is 4.57 Å². The summed E-state index contributed by atoms with van der Waals surface area (Å²) in [7, 11) is 0.